The van der Waals surface area contributed by atoms with Gasteiger partial charge in [-0.05, 0) is 19.3 Å². The fourth-order valence-electron chi connectivity index (χ4n) is 8.17. The van der Waals surface area contributed by atoms with Gasteiger partial charge in [0, 0.05) is 6.42 Å². The van der Waals surface area contributed by atoms with Crippen molar-refractivity contribution in [2.75, 3.05) is 19.8 Å². The molecule has 2 heterocycles. The molecule has 2 saturated heterocycles. The standard InChI is InChI=1S/C47H89NO13/c1-3-5-7-9-11-13-15-16-17-18-19-20-21-22-24-26-28-30-36(51)35(48-39(52)31-29-27-25-23-14-12-10-8-6-4-2)34-58-46-44(57)42(55)45(38(33-50)60-46)61-47-43(56)41(54)40(53)37(32-49)59-47/h28,30,35-38,40-47,49-51,53-57H,3-27,29,31-34H2,1-2H3,(H,48,52)/b30-28+/t35-,36+,37+,38+,40-,41?,42?,43?,44?,45+,46+,47-/m0/s1. The monoisotopic (exact) mass is 876 g/mol. The van der Waals surface area contributed by atoms with Crippen LogP contribution in [0.4, 0.5) is 0 Å². The molecule has 0 bridgehead atoms. The van der Waals surface area contributed by atoms with Gasteiger partial charge in [-0.1, -0.05) is 174 Å². The lowest BCUT2D eigenvalue weighted by molar-refractivity contribution is -0.359. The molecule has 360 valence electrons. The molecule has 2 rings (SSSR count). The maximum absolute atomic E-state index is 13.1. The summed E-state index contributed by atoms with van der Waals surface area (Å²) in [6.07, 6.45) is 18.3. The van der Waals surface area contributed by atoms with E-state index in [0.29, 0.717) is 6.42 Å². The van der Waals surface area contributed by atoms with E-state index in [1.165, 1.54) is 122 Å². The Morgan fingerprint density at radius 2 is 1.02 bits per heavy atom. The van der Waals surface area contributed by atoms with Gasteiger partial charge in [-0.2, -0.15) is 0 Å². The average molecular weight is 876 g/mol. The van der Waals surface area contributed by atoms with Crippen molar-refractivity contribution >= 4 is 5.91 Å². The van der Waals surface area contributed by atoms with Crippen molar-refractivity contribution in [2.24, 2.45) is 0 Å². The van der Waals surface area contributed by atoms with Crippen LogP contribution in [-0.4, -0.2) is 140 Å². The summed E-state index contributed by atoms with van der Waals surface area (Å²) in [5, 5.41) is 86.5. The Morgan fingerprint density at radius 3 is 1.51 bits per heavy atom. The predicted octanol–water partition coefficient (Wildman–Crippen LogP) is 5.60. The molecule has 2 aliphatic rings. The summed E-state index contributed by atoms with van der Waals surface area (Å²) in [7, 11) is 0. The van der Waals surface area contributed by atoms with E-state index in [2.05, 4.69) is 19.2 Å². The smallest absolute Gasteiger partial charge is 0.220 e. The number of aliphatic hydroxyl groups is 8. The molecule has 4 unspecified atom stereocenters. The number of carbonyl (C=O) groups is 1. The Morgan fingerprint density at radius 1 is 0.574 bits per heavy atom. The van der Waals surface area contributed by atoms with E-state index >= 15 is 0 Å². The number of hydrogen-bond donors (Lipinski definition) is 9. The van der Waals surface area contributed by atoms with Crippen LogP contribution >= 0.6 is 0 Å². The highest BCUT2D eigenvalue weighted by Crippen LogP contribution is 2.30. The van der Waals surface area contributed by atoms with Crippen LogP contribution in [0.15, 0.2) is 12.2 Å². The van der Waals surface area contributed by atoms with Crippen LogP contribution in [0.2, 0.25) is 0 Å². The van der Waals surface area contributed by atoms with Crippen LogP contribution in [0, 0.1) is 0 Å². The molecule has 2 aliphatic heterocycles. The molecule has 14 nitrogen and oxygen atoms in total. The van der Waals surface area contributed by atoms with Crippen molar-refractivity contribution in [3.8, 4) is 0 Å². The average Bonchev–Trinajstić information content (AvgIpc) is 3.26. The van der Waals surface area contributed by atoms with Crippen LogP contribution in [0.25, 0.3) is 0 Å². The minimum absolute atomic E-state index is 0.241. The van der Waals surface area contributed by atoms with Crippen LogP contribution in [0.5, 0.6) is 0 Å². The normalized spacial score (nSPS) is 28.0. The summed E-state index contributed by atoms with van der Waals surface area (Å²) in [4.78, 5) is 13.1. The molecule has 1 amide bonds. The number of aliphatic hydroxyl groups excluding tert-OH is 8. The lowest BCUT2D eigenvalue weighted by Gasteiger charge is -2.46. The molecule has 0 saturated carbocycles. The van der Waals surface area contributed by atoms with Gasteiger partial charge < -0.3 is 65.1 Å². The third-order valence-electron chi connectivity index (χ3n) is 12.2. The second-order valence-electron chi connectivity index (χ2n) is 17.6. The Labute approximate surface area is 367 Å². The first-order valence-corrected chi connectivity index (χ1v) is 24.4. The number of carbonyl (C=O) groups excluding carboxylic acids is 1. The number of nitrogens with one attached hydrogen (secondary N) is 1. The van der Waals surface area contributed by atoms with Gasteiger partial charge in [0.2, 0.25) is 5.91 Å². The van der Waals surface area contributed by atoms with E-state index in [1.54, 1.807) is 6.08 Å². The van der Waals surface area contributed by atoms with Crippen LogP contribution in [0.1, 0.15) is 187 Å². The second kappa shape index (κ2) is 35.0. The molecule has 9 N–H and O–H groups in total. The SMILES string of the molecule is CCCCCCCCCCCCCCCCC/C=C/[C@@H](O)[C@H](CO[C@@H]1O[C@H](CO)[C@@H](O[C@@H]2O[C@H](CO)[C@H](O)C(O)C2O)C(O)C1O)NC(=O)CCCCCCCCCCCC. The van der Waals surface area contributed by atoms with E-state index in [-0.39, 0.29) is 18.9 Å². The molecule has 61 heavy (non-hydrogen) atoms. The Balaban J connectivity index is 1.86. The maximum Gasteiger partial charge on any atom is 0.220 e. The first kappa shape index (κ1) is 55.9. The lowest BCUT2D eigenvalue weighted by atomic mass is 9.97. The third kappa shape index (κ3) is 23.0. The quantitative estimate of drug-likeness (QED) is 0.0274. The third-order valence-corrected chi connectivity index (χ3v) is 12.2. The first-order chi connectivity index (χ1) is 29.6. The van der Waals surface area contributed by atoms with Gasteiger partial charge in [-0.15, -0.1) is 0 Å². The summed E-state index contributed by atoms with van der Waals surface area (Å²) in [5.74, 6) is -0.241. The molecule has 12 atom stereocenters. The molecule has 0 spiro atoms. The van der Waals surface area contributed by atoms with E-state index in [1.807, 2.05) is 6.08 Å². The summed E-state index contributed by atoms with van der Waals surface area (Å²) in [6.45, 7) is 2.76. The minimum atomic E-state index is -1.78. The van der Waals surface area contributed by atoms with E-state index in [4.69, 9.17) is 18.9 Å². The number of unbranched alkanes of at least 4 members (excludes halogenated alkanes) is 24. The molecule has 2 fully saturated rings. The number of amides is 1. The first-order valence-electron chi connectivity index (χ1n) is 24.4. The zero-order valence-corrected chi connectivity index (χ0v) is 37.9. The van der Waals surface area contributed by atoms with Gasteiger partial charge in [0.1, 0.15) is 48.8 Å². The fourth-order valence-corrected chi connectivity index (χ4v) is 8.17. The molecule has 0 aliphatic carbocycles. The van der Waals surface area contributed by atoms with Crippen molar-refractivity contribution in [3.63, 3.8) is 0 Å². The van der Waals surface area contributed by atoms with Crippen LogP contribution < -0.4 is 5.32 Å². The Kier molecular flexibility index (Phi) is 32.1. The van der Waals surface area contributed by atoms with Crippen molar-refractivity contribution in [1.82, 2.24) is 5.32 Å². The van der Waals surface area contributed by atoms with E-state index in [0.717, 1.165) is 38.5 Å². The molecule has 0 aromatic rings. The number of rotatable bonds is 37. The fraction of sp³-hybridized carbons (Fsp3) is 0.936. The van der Waals surface area contributed by atoms with Gasteiger partial charge in [0.05, 0.1) is 32.0 Å². The summed E-state index contributed by atoms with van der Waals surface area (Å²) in [6, 6.07) is -0.906. The van der Waals surface area contributed by atoms with Crippen molar-refractivity contribution in [1.29, 1.82) is 0 Å². The van der Waals surface area contributed by atoms with Gasteiger partial charge >= 0.3 is 0 Å². The van der Waals surface area contributed by atoms with Crippen LogP contribution in [-0.2, 0) is 23.7 Å². The maximum atomic E-state index is 13.1. The highest BCUT2D eigenvalue weighted by molar-refractivity contribution is 5.76. The predicted molar refractivity (Wildman–Crippen MR) is 235 cm³/mol. The summed E-state index contributed by atoms with van der Waals surface area (Å²) >= 11 is 0. The zero-order chi connectivity index (χ0) is 44.7. The lowest BCUT2D eigenvalue weighted by Crippen LogP contribution is -2.65. The largest absolute Gasteiger partial charge is 0.394 e. The number of ether oxygens (including phenoxy) is 4. The Bertz CT molecular complexity index is 1080. The highest BCUT2D eigenvalue weighted by Gasteiger charge is 2.51. The molecule has 0 radical (unpaired) electrons. The molecular weight excluding hydrogens is 787 g/mol. The minimum Gasteiger partial charge on any atom is -0.394 e. The summed E-state index contributed by atoms with van der Waals surface area (Å²) < 4.78 is 22.6. The van der Waals surface area contributed by atoms with Gasteiger partial charge in [0.25, 0.3) is 0 Å². The van der Waals surface area contributed by atoms with Crippen molar-refractivity contribution in [2.45, 2.75) is 261 Å². The number of hydrogen-bond acceptors (Lipinski definition) is 13. The highest BCUT2D eigenvalue weighted by atomic mass is 16.7. The van der Waals surface area contributed by atoms with E-state index in [9.17, 15) is 45.6 Å². The molecular formula is C47H89NO13. The van der Waals surface area contributed by atoms with Crippen LogP contribution in [0.3, 0.4) is 0 Å². The molecule has 0 aromatic carbocycles. The molecule has 14 heteroatoms. The van der Waals surface area contributed by atoms with Crippen molar-refractivity contribution in [3.05, 3.63) is 12.2 Å². The van der Waals surface area contributed by atoms with Gasteiger partial charge in [0.15, 0.2) is 12.6 Å². The summed E-state index contributed by atoms with van der Waals surface area (Å²) in [5.41, 5.74) is 0. The Hall–Kier alpha value is -1.27. The van der Waals surface area contributed by atoms with Gasteiger partial charge in [-0.3, -0.25) is 4.79 Å². The molecule has 0 aromatic heterocycles. The van der Waals surface area contributed by atoms with E-state index < -0.39 is 86.8 Å². The zero-order valence-electron chi connectivity index (χ0n) is 37.9. The number of allylic oxidation sites excluding steroid dienone is 1. The van der Waals surface area contributed by atoms with Gasteiger partial charge in [-0.25, -0.2) is 0 Å². The topological polar surface area (TPSA) is 228 Å². The van der Waals surface area contributed by atoms with Crippen molar-refractivity contribution < 1.29 is 64.6 Å². The second-order valence-corrected chi connectivity index (χ2v) is 17.6.